The first-order chi connectivity index (χ1) is 7.66. The molecule has 1 aliphatic rings. The number of rotatable bonds is 2. The number of carbonyl (C=O) groups excluding carboxylic acids is 1. The highest BCUT2D eigenvalue weighted by Crippen LogP contribution is 2.20. The predicted octanol–water partition coefficient (Wildman–Crippen LogP) is 3.05. The number of halogens is 1. The molecule has 1 aromatic rings. The van der Waals surface area contributed by atoms with Crippen LogP contribution in [0.2, 0.25) is 0 Å². The number of hydrogen-bond acceptors (Lipinski definition) is 2. The fourth-order valence-corrected chi connectivity index (χ4v) is 3.18. The third-order valence-electron chi connectivity index (χ3n) is 2.41. The number of benzene rings is 1. The maximum absolute atomic E-state index is 11.5. The van der Waals surface area contributed by atoms with E-state index in [4.69, 9.17) is 0 Å². The third kappa shape index (κ3) is 2.71. The van der Waals surface area contributed by atoms with Crippen molar-refractivity contribution in [2.45, 2.75) is 12.8 Å². The van der Waals surface area contributed by atoms with E-state index >= 15 is 0 Å². The minimum atomic E-state index is -0.340. The van der Waals surface area contributed by atoms with Gasteiger partial charge in [0.05, 0.1) is 5.69 Å². The summed E-state index contributed by atoms with van der Waals surface area (Å²) in [6, 6.07) is 7.83. The summed E-state index contributed by atoms with van der Waals surface area (Å²) >= 11 is 3.38. The van der Waals surface area contributed by atoms with Gasteiger partial charge in [0, 0.05) is 23.7 Å². The zero-order valence-electron chi connectivity index (χ0n) is 9.02. The average Bonchev–Trinajstić information content (AvgIpc) is 2.68. The Hall–Kier alpha value is -0.680. The van der Waals surface area contributed by atoms with Crippen LogP contribution in [0.3, 0.4) is 0 Å². The number of amides is 1. The average molecular weight is 301 g/mol. The Kier molecular flexibility index (Phi) is 3.76. The first-order valence-electron chi connectivity index (χ1n) is 5.10. The van der Waals surface area contributed by atoms with E-state index in [1.165, 1.54) is 0 Å². The molecule has 86 valence electrons. The first kappa shape index (κ1) is 11.8. The van der Waals surface area contributed by atoms with Gasteiger partial charge in [-0.05, 0) is 41.6 Å². The van der Waals surface area contributed by atoms with Crippen LogP contribution in [0.15, 0.2) is 33.1 Å². The maximum atomic E-state index is 11.5. The molecule has 1 heterocycles. The van der Waals surface area contributed by atoms with Crippen molar-refractivity contribution < 1.29 is 4.79 Å². The number of hydrogen-bond donors (Lipinski definition) is 0. The lowest BCUT2D eigenvalue weighted by Crippen LogP contribution is -2.25. The molecule has 0 spiro atoms. The van der Waals surface area contributed by atoms with Crippen LogP contribution in [0.25, 0.3) is 0 Å². The smallest absolute Gasteiger partial charge is 0.233 e. The van der Waals surface area contributed by atoms with Crippen molar-refractivity contribution in [3.05, 3.63) is 28.7 Å². The van der Waals surface area contributed by atoms with Crippen LogP contribution in [0.4, 0.5) is 5.69 Å². The summed E-state index contributed by atoms with van der Waals surface area (Å²) in [5, 5.41) is 0. The van der Waals surface area contributed by atoms with Gasteiger partial charge < -0.3 is 0 Å². The molecule has 0 aliphatic carbocycles. The second kappa shape index (κ2) is 5.10. The zero-order chi connectivity index (χ0) is 11.5. The predicted molar refractivity (Wildman–Crippen MR) is 70.5 cm³/mol. The van der Waals surface area contributed by atoms with E-state index < -0.39 is 0 Å². The fourth-order valence-electron chi connectivity index (χ4n) is 1.61. The Labute approximate surface area is 106 Å². The summed E-state index contributed by atoms with van der Waals surface area (Å²) in [5.41, 5.74) is 0.925. The van der Waals surface area contributed by atoms with E-state index in [0.717, 1.165) is 23.1 Å². The highest BCUT2D eigenvalue weighted by Gasteiger charge is 2.21. The van der Waals surface area contributed by atoms with E-state index in [0.29, 0.717) is 6.42 Å². The van der Waals surface area contributed by atoms with Crippen LogP contribution in [0.1, 0.15) is 12.8 Å². The fraction of sp³-hybridized carbons (Fsp3) is 0.364. The van der Waals surface area contributed by atoms with E-state index in [9.17, 15) is 4.79 Å². The van der Waals surface area contributed by atoms with E-state index in [1.54, 1.807) is 0 Å². The lowest BCUT2D eigenvalue weighted by molar-refractivity contribution is -0.123. The van der Waals surface area contributed by atoms with Gasteiger partial charge in [-0.25, -0.2) is 4.36 Å². The van der Waals surface area contributed by atoms with Gasteiger partial charge in [0.15, 0.2) is 0 Å². The van der Waals surface area contributed by atoms with Crippen molar-refractivity contribution in [3.63, 3.8) is 0 Å². The molecular weight excluding hydrogens is 288 g/mol. The summed E-state index contributed by atoms with van der Waals surface area (Å²) in [6.07, 6.45) is 3.63. The molecule has 1 amide bonds. The van der Waals surface area contributed by atoms with Crippen molar-refractivity contribution in [3.8, 4) is 0 Å². The topological polar surface area (TPSA) is 32.7 Å². The van der Waals surface area contributed by atoms with Crippen LogP contribution in [-0.4, -0.2) is 23.0 Å². The van der Waals surface area contributed by atoms with Gasteiger partial charge in [-0.1, -0.05) is 15.9 Å². The Morgan fingerprint density at radius 1 is 1.38 bits per heavy atom. The molecule has 0 N–H and O–H groups in total. The molecule has 1 saturated heterocycles. The largest absolute Gasteiger partial charge is 0.278 e. The van der Waals surface area contributed by atoms with Crippen LogP contribution < -0.4 is 0 Å². The molecule has 1 unspecified atom stereocenters. The quantitative estimate of drug-likeness (QED) is 0.826. The number of carbonyl (C=O) groups is 1. The van der Waals surface area contributed by atoms with Crippen molar-refractivity contribution >= 4 is 38.4 Å². The van der Waals surface area contributed by atoms with Crippen LogP contribution in [0.5, 0.6) is 0 Å². The first-order valence-corrected chi connectivity index (χ1v) is 7.44. The molecule has 0 radical (unpaired) electrons. The summed E-state index contributed by atoms with van der Waals surface area (Å²) < 4.78 is 7.45. The number of nitrogens with zero attached hydrogens (tertiary/aromatic N) is 2. The Bertz CT molecular complexity index is 430. The van der Waals surface area contributed by atoms with E-state index in [1.807, 2.05) is 34.8 Å². The van der Waals surface area contributed by atoms with Crippen LogP contribution in [-0.2, 0) is 15.7 Å². The van der Waals surface area contributed by atoms with E-state index in [2.05, 4.69) is 20.3 Å². The van der Waals surface area contributed by atoms with Crippen molar-refractivity contribution in [2.75, 3.05) is 12.8 Å². The third-order valence-corrected chi connectivity index (χ3v) is 4.44. The molecule has 0 bridgehead atoms. The van der Waals surface area contributed by atoms with Gasteiger partial charge in [0.2, 0.25) is 5.91 Å². The molecule has 0 saturated carbocycles. The molecule has 1 aliphatic heterocycles. The molecule has 0 aromatic heterocycles. The van der Waals surface area contributed by atoms with Crippen LogP contribution in [0, 0.1) is 0 Å². The standard InChI is InChI=1S/C11H13BrN2OS/c1-16(14-8-2-3-11(14)15)13-10-6-4-9(12)5-7-10/h4-7H,2-3,8H2,1H3. The van der Waals surface area contributed by atoms with Gasteiger partial charge >= 0.3 is 0 Å². The summed E-state index contributed by atoms with van der Waals surface area (Å²) in [5.74, 6) is 0.228. The van der Waals surface area contributed by atoms with E-state index in [-0.39, 0.29) is 16.8 Å². The van der Waals surface area contributed by atoms with Gasteiger partial charge in [-0.3, -0.25) is 9.10 Å². The van der Waals surface area contributed by atoms with Crippen molar-refractivity contribution in [1.82, 2.24) is 4.31 Å². The Morgan fingerprint density at radius 2 is 2.06 bits per heavy atom. The molecule has 1 fully saturated rings. The van der Waals surface area contributed by atoms with Crippen molar-refractivity contribution in [1.29, 1.82) is 0 Å². The molecular formula is C11H13BrN2OS. The second-order valence-electron chi connectivity index (χ2n) is 3.61. The van der Waals surface area contributed by atoms with Crippen molar-refractivity contribution in [2.24, 2.45) is 4.36 Å². The van der Waals surface area contributed by atoms with Gasteiger partial charge in [-0.15, -0.1) is 0 Å². The minimum absolute atomic E-state index is 0.228. The molecule has 2 rings (SSSR count). The summed E-state index contributed by atoms with van der Waals surface area (Å²) in [6.45, 7) is 0.846. The normalized spacial score (nSPS) is 18.1. The van der Waals surface area contributed by atoms with Gasteiger partial charge in [-0.2, -0.15) is 0 Å². The lowest BCUT2D eigenvalue weighted by Gasteiger charge is -2.15. The summed E-state index contributed by atoms with van der Waals surface area (Å²) in [4.78, 5) is 11.5. The minimum Gasteiger partial charge on any atom is -0.278 e. The Morgan fingerprint density at radius 3 is 2.62 bits per heavy atom. The molecule has 1 aromatic carbocycles. The van der Waals surface area contributed by atoms with Crippen LogP contribution >= 0.6 is 15.9 Å². The SMILES string of the molecule is CS(=Nc1ccc(Br)cc1)N1CCCC1=O. The summed E-state index contributed by atoms with van der Waals surface area (Å²) in [7, 11) is -0.340. The van der Waals surface area contributed by atoms with Gasteiger partial charge in [0.25, 0.3) is 0 Å². The molecule has 5 heteroatoms. The maximum Gasteiger partial charge on any atom is 0.233 e. The second-order valence-corrected chi connectivity index (χ2v) is 6.05. The lowest BCUT2D eigenvalue weighted by atomic mass is 10.3. The molecule has 16 heavy (non-hydrogen) atoms. The van der Waals surface area contributed by atoms with Gasteiger partial charge in [0.1, 0.15) is 0 Å². The Balaban J connectivity index is 2.17. The molecule has 1 atom stereocenters. The monoisotopic (exact) mass is 300 g/mol. The molecule has 3 nitrogen and oxygen atoms in total. The highest BCUT2D eigenvalue weighted by molar-refractivity contribution is 9.10. The zero-order valence-corrected chi connectivity index (χ0v) is 11.4. The highest BCUT2D eigenvalue weighted by atomic mass is 79.9.